The summed E-state index contributed by atoms with van der Waals surface area (Å²) in [6.07, 6.45) is -2.57. The summed E-state index contributed by atoms with van der Waals surface area (Å²) in [7, 11) is 1.49. The molecule has 0 saturated carbocycles. The van der Waals surface area contributed by atoms with Gasteiger partial charge < -0.3 is 5.32 Å². The standard InChI is InChI=1S/C25H22F4N4O/c1-31-24(34)23(18-7-9-20(26)10-8-18)33-21(19-4-2-3-17(13-19)14-30)11-5-16-6-12-22(32-15-16)25(27,28)29/h2-4,6-10,12-13,15,21,23,33H,5,11H2,1H3,(H,31,34)/t21-,23?/m0/s1. The SMILES string of the molecule is CNC(=O)C(N[C@@H](CCc1ccc(C(F)(F)F)nc1)c1cccc(C#N)c1)c1ccc(F)cc1. The molecule has 2 aromatic carbocycles. The second kappa shape index (κ2) is 10.9. The summed E-state index contributed by atoms with van der Waals surface area (Å²) in [5.41, 5.74) is 1.32. The number of benzene rings is 2. The number of aryl methyl sites for hydroxylation is 1. The van der Waals surface area contributed by atoms with Gasteiger partial charge in [-0.3, -0.25) is 15.1 Å². The highest BCUT2D eigenvalue weighted by Crippen LogP contribution is 2.28. The average Bonchev–Trinajstić information content (AvgIpc) is 2.84. The fraction of sp³-hybridized carbons (Fsp3) is 0.240. The molecule has 0 saturated heterocycles. The maximum Gasteiger partial charge on any atom is 0.433 e. The summed E-state index contributed by atoms with van der Waals surface area (Å²) in [5, 5.41) is 15.1. The molecule has 0 spiro atoms. The van der Waals surface area contributed by atoms with Crippen molar-refractivity contribution in [1.82, 2.24) is 15.6 Å². The van der Waals surface area contributed by atoms with Gasteiger partial charge in [0, 0.05) is 19.3 Å². The van der Waals surface area contributed by atoms with Crippen LogP contribution < -0.4 is 10.6 Å². The molecule has 0 aliphatic carbocycles. The largest absolute Gasteiger partial charge is 0.433 e. The maximum atomic E-state index is 13.4. The lowest BCUT2D eigenvalue weighted by Crippen LogP contribution is -2.38. The number of hydrogen-bond donors (Lipinski definition) is 2. The van der Waals surface area contributed by atoms with Crippen molar-refractivity contribution in [2.45, 2.75) is 31.1 Å². The predicted molar refractivity (Wildman–Crippen MR) is 118 cm³/mol. The van der Waals surface area contributed by atoms with E-state index in [0.29, 0.717) is 29.5 Å². The number of aromatic nitrogens is 1. The number of carbonyl (C=O) groups excluding carboxylic acids is 1. The van der Waals surface area contributed by atoms with Crippen molar-refractivity contribution in [3.05, 3.63) is 101 Å². The number of rotatable bonds is 8. The average molecular weight is 470 g/mol. The van der Waals surface area contributed by atoms with Crippen molar-refractivity contribution < 1.29 is 22.4 Å². The number of amides is 1. The van der Waals surface area contributed by atoms with Gasteiger partial charge in [-0.2, -0.15) is 18.4 Å². The van der Waals surface area contributed by atoms with Gasteiger partial charge in [-0.1, -0.05) is 30.3 Å². The van der Waals surface area contributed by atoms with Crippen LogP contribution in [0.25, 0.3) is 0 Å². The van der Waals surface area contributed by atoms with E-state index in [1.165, 1.54) is 43.6 Å². The zero-order chi connectivity index (χ0) is 24.7. The highest BCUT2D eigenvalue weighted by atomic mass is 19.4. The van der Waals surface area contributed by atoms with Gasteiger partial charge in [0.15, 0.2) is 0 Å². The molecular formula is C25H22F4N4O. The Kier molecular flexibility index (Phi) is 7.97. The second-order valence-corrected chi connectivity index (χ2v) is 7.64. The van der Waals surface area contributed by atoms with Crippen LogP contribution in [0.3, 0.4) is 0 Å². The molecule has 9 heteroatoms. The van der Waals surface area contributed by atoms with E-state index in [1.54, 1.807) is 24.3 Å². The molecule has 0 aliphatic heterocycles. The van der Waals surface area contributed by atoms with Gasteiger partial charge in [-0.25, -0.2) is 4.39 Å². The van der Waals surface area contributed by atoms with Gasteiger partial charge >= 0.3 is 6.18 Å². The third-order valence-electron chi connectivity index (χ3n) is 5.33. The van der Waals surface area contributed by atoms with E-state index in [1.807, 2.05) is 0 Å². The summed E-state index contributed by atoms with van der Waals surface area (Å²) >= 11 is 0. The Balaban J connectivity index is 1.89. The predicted octanol–water partition coefficient (Wildman–Crippen LogP) is 4.86. The summed E-state index contributed by atoms with van der Waals surface area (Å²) < 4.78 is 51.8. The van der Waals surface area contributed by atoms with Crippen molar-refractivity contribution in [2.75, 3.05) is 7.05 Å². The fourth-order valence-corrected chi connectivity index (χ4v) is 3.55. The van der Waals surface area contributed by atoms with E-state index in [2.05, 4.69) is 21.7 Å². The highest BCUT2D eigenvalue weighted by molar-refractivity contribution is 5.83. The minimum Gasteiger partial charge on any atom is -0.358 e. The van der Waals surface area contributed by atoms with E-state index in [4.69, 9.17) is 0 Å². The quantitative estimate of drug-likeness (QED) is 0.461. The molecule has 2 atom stereocenters. The van der Waals surface area contributed by atoms with Crippen LogP contribution in [0.15, 0.2) is 66.9 Å². The molecular weight excluding hydrogens is 448 g/mol. The molecule has 1 unspecified atom stereocenters. The number of likely N-dealkylation sites (N-methyl/N-ethyl adjacent to an activating group) is 1. The zero-order valence-corrected chi connectivity index (χ0v) is 18.2. The minimum absolute atomic E-state index is 0.343. The van der Waals surface area contributed by atoms with E-state index in [0.717, 1.165) is 11.6 Å². The van der Waals surface area contributed by atoms with Crippen LogP contribution in [0.5, 0.6) is 0 Å². The molecule has 5 nitrogen and oxygen atoms in total. The molecule has 2 N–H and O–H groups in total. The van der Waals surface area contributed by atoms with Crippen LogP contribution in [-0.2, 0) is 17.4 Å². The monoisotopic (exact) mass is 470 g/mol. The van der Waals surface area contributed by atoms with Crippen molar-refractivity contribution in [2.24, 2.45) is 0 Å². The van der Waals surface area contributed by atoms with Crippen LogP contribution in [0.2, 0.25) is 0 Å². The van der Waals surface area contributed by atoms with E-state index < -0.39 is 29.8 Å². The summed E-state index contributed by atoms with van der Waals surface area (Å²) in [6.45, 7) is 0. The molecule has 3 aromatic rings. The summed E-state index contributed by atoms with van der Waals surface area (Å²) in [4.78, 5) is 16.2. The number of pyridine rings is 1. The topological polar surface area (TPSA) is 77.8 Å². The minimum atomic E-state index is -4.52. The first-order chi connectivity index (χ1) is 16.2. The van der Waals surface area contributed by atoms with Gasteiger partial charge in [0.05, 0.1) is 11.6 Å². The van der Waals surface area contributed by atoms with E-state index in [-0.39, 0.29) is 5.91 Å². The molecule has 1 heterocycles. The third kappa shape index (κ3) is 6.39. The zero-order valence-electron chi connectivity index (χ0n) is 18.2. The number of nitriles is 1. The van der Waals surface area contributed by atoms with Crippen LogP contribution in [0, 0.1) is 17.1 Å². The smallest absolute Gasteiger partial charge is 0.358 e. The molecule has 34 heavy (non-hydrogen) atoms. The molecule has 1 amide bonds. The van der Waals surface area contributed by atoms with Crippen molar-refractivity contribution in [1.29, 1.82) is 5.26 Å². The van der Waals surface area contributed by atoms with Crippen LogP contribution in [-0.4, -0.2) is 17.9 Å². The maximum absolute atomic E-state index is 13.4. The van der Waals surface area contributed by atoms with Crippen molar-refractivity contribution >= 4 is 5.91 Å². The van der Waals surface area contributed by atoms with Crippen LogP contribution in [0.1, 0.15) is 46.5 Å². The Morgan fingerprint density at radius 3 is 2.41 bits per heavy atom. The van der Waals surface area contributed by atoms with Gasteiger partial charge in [0.25, 0.3) is 0 Å². The number of halogens is 4. The van der Waals surface area contributed by atoms with Gasteiger partial charge in [0.1, 0.15) is 17.6 Å². The van der Waals surface area contributed by atoms with Gasteiger partial charge in [-0.05, 0) is 59.9 Å². The molecule has 176 valence electrons. The second-order valence-electron chi connectivity index (χ2n) is 7.64. The first-order valence-electron chi connectivity index (χ1n) is 10.5. The molecule has 0 fully saturated rings. The fourth-order valence-electron chi connectivity index (χ4n) is 3.55. The lowest BCUT2D eigenvalue weighted by molar-refractivity contribution is -0.141. The number of hydrogen-bond acceptors (Lipinski definition) is 4. The molecule has 3 rings (SSSR count). The molecule has 1 aromatic heterocycles. The summed E-state index contributed by atoms with van der Waals surface area (Å²) in [6, 6.07) is 15.5. The van der Waals surface area contributed by atoms with E-state index >= 15 is 0 Å². The lowest BCUT2D eigenvalue weighted by atomic mass is 9.95. The third-order valence-corrected chi connectivity index (χ3v) is 5.33. The number of carbonyl (C=O) groups is 1. The number of nitrogens with zero attached hydrogens (tertiary/aromatic N) is 2. The first kappa shape index (κ1) is 24.9. The highest BCUT2D eigenvalue weighted by Gasteiger charge is 2.32. The molecule has 0 radical (unpaired) electrons. The van der Waals surface area contributed by atoms with Crippen molar-refractivity contribution in [3.8, 4) is 6.07 Å². The Morgan fingerprint density at radius 1 is 1.09 bits per heavy atom. The molecule has 0 bridgehead atoms. The first-order valence-corrected chi connectivity index (χ1v) is 10.5. The van der Waals surface area contributed by atoms with Gasteiger partial charge in [-0.15, -0.1) is 0 Å². The lowest BCUT2D eigenvalue weighted by Gasteiger charge is -2.26. The number of nitrogens with one attached hydrogen (secondary N) is 2. The number of alkyl halides is 3. The van der Waals surface area contributed by atoms with Crippen molar-refractivity contribution in [3.63, 3.8) is 0 Å². The van der Waals surface area contributed by atoms with Gasteiger partial charge in [0.2, 0.25) is 5.91 Å². The Hall–Kier alpha value is -3.77. The Labute approximate surface area is 194 Å². The normalized spacial score (nSPS) is 13.1. The molecule has 0 aliphatic rings. The van der Waals surface area contributed by atoms with Crippen LogP contribution in [0.4, 0.5) is 17.6 Å². The van der Waals surface area contributed by atoms with Crippen LogP contribution >= 0.6 is 0 Å². The summed E-state index contributed by atoms with van der Waals surface area (Å²) in [5.74, 6) is -0.781. The Morgan fingerprint density at radius 2 is 1.82 bits per heavy atom. The van der Waals surface area contributed by atoms with E-state index in [9.17, 15) is 27.6 Å². The Bertz CT molecular complexity index is 1160.